The van der Waals surface area contributed by atoms with Crippen LogP contribution in [0.25, 0.3) is 0 Å². The summed E-state index contributed by atoms with van der Waals surface area (Å²) in [5, 5.41) is 0. The van der Waals surface area contributed by atoms with Gasteiger partial charge in [-0.1, -0.05) is 19.4 Å². The van der Waals surface area contributed by atoms with E-state index in [1.54, 1.807) is 0 Å². The predicted octanol–water partition coefficient (Wildman–Crippen LogP) is 3.79. The number of hydrogen-bond donors (Lipinski definition) is 1. The molecule has 9 heteroatoms. The molecule has 2 N–H and O–H groups in total. The van der Waals surface area contributed by atoms with Crippen LogP contribution < -0.4 is 15.2 Å². The van der Waals surface area contributed by atoms with E-state index < -0.39 is 20.9 Å². The van der Waals surface area contributed by atoms with E-state index >= 15 is 0 Å². The summed E-state index contributed by atoms with van der Waals surface area (Å²) in [4.78, 5) is -2.02. The van der Waals surface area contributed by atoms with Crippen molar-refractivity contribution < 1.29 is 28.9 Å². The first-order valence-corrected chi connectivity index (χ1v) is 7.72. The van der Waals surface area contributed by atoms with Gasteiger partial charge in [-0.05, 0) is 13.0 Å². The topological polar surface area (TPSA) is 44.5 Å². The van der Waals surface area contributed by atoms with Crippen molar-refractivity contribution in [3.8, 4) is 11.5 Å². The molecule has 0 spiro atoms. The first kappa shape index (κ1) is 15.2. The molecule has 2 rings (SSSR count). The van der Waals surface area contributed by atoms with Gasteiger partial charge in [-0.2, -0.15) is 0 Å². The Bertz CT molecular complexity index is 558. The summed E-state index contributed by atoms with van der Waals surface area (Å²) in [6.07, 6.45) is 0.359. The lowest BCUT2D eigenvalue weighted by atomic mass is 10.0. The molecule has 1 aliphatic rings. The van der Waals surface area contributed by atoms with Crippen molar-refractivity contribution in [3.63, 3.8) is 0 Å². The van der Waals surface area contributed by atoms with E-state index in [-0.39, 0.29) is 37.3 Å². The molecule has 116 valence electrons. The minimum atomic E-state index is -9.84. The maximum absolute atomic E-state index is 13.1. The van der Waals surface area contributed by atoms with Gasteiger partial charge in [-0.15, -0.1) is 0 Å². The van der Waals surface area contributed by atoms with Crippen LogP contribution >= 0.6 is 10.2 Å². The van der Waals surface area contributed by atoms with E-state index in [1.165, 1.54) is 0 Å². The van der Waals surface area contributed by atoms with Crippen molar-refractivity contribution in [2.75, 3.05) is 20.3 Å². The van der Waals surface area contributed by atoms with Gasteiger partial charge in [0.2, 0.25) is 0 Å². The summed E-state index contributed by atoms with van der Waals surface area (Å²) in [5.74, 6) is -1.02. The average molecular weight is 319 g/mol. The highest BCUT2D eigenvalue weighted by Crippen LogP contribution is 3.03. The number of hydrogen-bond acceptors (Lipinski definition) is 3. The Labute approximate surface area is 112 Å². The summed E-state index contributed by atoms with van der Waals surface area (Å²) in [5.41, 5.74) is 5.90. The van der Waals surface area contributed by atoms with Gasteiger partial charge in [0.25, 0.3) is 0 Å². The maximum atomic E-state index is 13.1. The number of ether oxygens (including phenoxy) is 2. The van der Waals surface area contributed by atoms with Gasteiger partial charge < -0.3 is 15.2 Å². The first-order valence-electron chi connectivity index (χ1n) is 5.77. The quantitative estimate of drug-likeness (QED) is 0.859. The monoisotopic (exact) mass is 319 g/mol. The van der Waals surface area contributed by atoms with E-state index in [0.29, 0.717) is 11.6 Å². The van der Waals surface area contributed by atoms with E-state index in [1.807, 2.05) is 0 Å². The third-order valence-corrected chi connectivity index (χ3v) is 4.18. The van der Waals surface area contributed by atoms with Crippen LogP contribution in [0, 0.1) is 0 Å². The maximum Gasteiger partial charge on any atom is 0.314 e. The summed E-state index contributed by atoms with van der Waals surface area (Å²) in [6.45, 7) is 0.0967. The zero-order valence-electron chi connectivity index (χ0n) is 10.6. The molecule has 0 aromatic heterocycles. The summed E-state index contributed by atoms with van der Waals surface area (Å²) >= 11 is 0. The van der Waals surface area contributed by atoms with Crippen molar-refractivity contribution in [3.05, 3.63) is 17.2 Å². The fourth-order valence-electron chi connectivity index (χ4n) is 2.27. The Kier molecular flexibility index (Phi) is 2.97. The third kappa shape index (κ3) is 2.64. The molecule has 0 fully saturated rings. The second-order valence-corrected chi connectivity index (χ2v) is 6.85. The molecule has 0 atom stereocenters. The van der Waals surface area contributed by atoms with Crippen LogP contribution in [0.2, 0.25) is 0 Å². The largest absolute Gasteiger partial charge is 0.496 e. The van der Waals surface area contributed by atoms with Gasteiger partial charge in [-0.25, -0.2) is 0 Å². The molecule has 1 aliphatic heterocycles. The van der Waals surface area contributed by atoms with Gasteiger partial charge in [0.1, 0.15) is 11.5 Å². The molecule has 0 amide bonds. The molecular weight excluding hydrogens is 305 g/mol. The Morgan fingerprint density at radius 1 is 1.30 bits per heavy atom. The molecule has 0 saturated carbocycles. The second kappa shape index (κ2) is 3.91. The number of halogens is 5. The molecule has 0 bridgehead atoms. The highest BCUT2D eigenvalue weighted by atomic mass is 32.5. The highest BCUT2D eigenvalue weighted by molar-refractivity contribution is 8.45. The van der Waals surface area contributed by atoms with Crippen LogP contribution in [0.4, 0.5) is 19.4 Å². The summed E-state index contributed by atoms with van der Waals surface area (Å²) < 4.78 is 75.0. The van der Waals surface area contributed by atoms with Gasteiger partial charge in [-0.3, -0.25) is 0 Å². The predicted molar refractivity (Wildman–Crippen MR) is 66.3 cm³/mol. The molecule has 1 aromatic carbocycles. The number of nitrogens with two attached hydrogens (primary N) is 1. The Morgan fingerprint density at radius 3 is 2.45 bits per heavy atom. The van der Waals surface area contributed by atoms with Gasteiger partial charge >= 0.3 is 10.2 Å². The van der Waals surface area contributed by atoms with Crippen LogP contribution in [0.3, 0.4) is 0 Å². The van der Waals surface area contributed by atoms with Crippen LogP contribution in [-0.2, 0) is 12.8 Å². The van der Waals surface area contributed by atoms with Crippen molar-refractivity contribution in [2.45, 2.75) is 17.7 Å². The number of methoxy groups -OCH3 is 1. The van der Waals surface area contributed by atoms with Gasteiger partial charge in [0, 0.05) is 23.6 Å². The van der Waals surface area contributed by atoms with Crippen molar-refractivity contribution in [1.82, 2.24) is 0 Å². The van der Waals surface area contributed by atoms with Crippen LogP contribution in [0.15, 0.2) is 11.0 Å². The number of benzene rings is 1. The lowest BCUT2D eigenvalue weighted by molar-refractivity contribution is 0.324. The van der Waals surface area contributed by atoms with E-state index in [2.05, 4.69) is 0 Å². The lowest BCUT2D eigenvalue weighted by Crippen LogP contribution is -2.11. The van der Waals surface area contributed by atoms with Crippen LogP contribution in [0.1, 0.15) is 11.1 Å². The number of fused-ring (bicyclic) bond motifs is 1. The van der Waals surface area contributed by atoms with Crippen LogP contribution in [-0.4, -0.2) is 20.3 Å². The van der Waals surface area contributed by atoms with Crippen molar-refractivity contribution in [2.24, 2.45) is 5.73 Å². The molecule has 0 radical (unpaired) electrons. The van der Waals surface area contributed by atoms with E-state index in [4.69, 9.17) is 15.2 Å². The van der Waals surface area contributed by atoms with E-state index in [0.717, 1.165) is 7.11 Å². The average Bonchev–Trinajstić information content (AvgIpc) is 2.74. The molecule has 1 heterocycles. The van der Waals surface area contributed by atoms with Crippen LogP contribution in [0.5, 0.6) is 11.5 Å². The smallest absolute Gasteiger partial charge is 0.314 e. The van der Waals surface area contributed by atoms with Crippen molar-refractivity contribution in [1.29, 1.82) is 0 Å². The first-order chi connectivity index (χ1) is 8.97. The molecule has 0 aliphatic carbocycles. The Morgan fingerprint density at radius 2 is 1.95 bits per heavy atom. The zero-order valence-corrected chi connectivity index (χ0v) is 11.4. The molecule has 20 heavy (non-hydrogen) atoms. The highest BCUT2D eigenvalue weighted by Gasteiger charge is 2.68. The minimum absolute atomic E-state index is 0.0685. The fourth-order valence-corrected chi connectivity index (χ4v) is 3.13. The molecule has 0 saturated heterocycles. The zero-order chi connectivity index (χ0) is 15.2. The Balaban J connectivity index is 2.78. The summed E-state index contributed by atoms with van der Waals surface area (Å²) in [6, 6.07) is 0.316. The normalized spacial score (nSPS) is 17.9. The number of rotatable bonds is 4. The SMILES string of the molecule is COc1cc(S(F)(F)(F)(F)F)c2c(c1CCN)CCO2. The van der Waals surface area contributed by atoms with Gasteiger partial charge in [0.05, 0.1) is 13.7 Å². The lowest BCUT2D eigenvalue weighted by Gasteiger charge is -2.41. The van der Waals surface area contributed by atoms with Gasteiger partial charge in [0.15, 0.2) is 4.90 Å². The van der Waals surface area contributed by atoms with Crippen molar-refractivity contribution >= 4 is 10.2 Å². The molecule has 3 nitrogen and oxygen atoms in total. The second-order valence-electron chi connectivity index (χ2n) is 4.47. The fraction of sp³-hybridized carbons (Fsp3) is 0.455. The van der Waals surface area contributed by atoms with E-state index in [9.17, 15) is 19.4 Å². The third-order valence-electron chi connectivity index (χ3n) is 3.05. The minimum Gasteiger partial charge on any atom is -0.496 e. The Hall–Kier alpha value is -1.22. The standard InChI is InChI=1S/C11H14F5NO2S/c1-18-9-6-10(20(12,13,14,15)16)11-8(3-5-19-11)7(9)2-4-17/h6H,2-5,17H2,1H3. The molecule has 1 aromatic rings. The molecular formula is C11H14F5NO2S. The molecule has 0 unspecified atom stereocenters. The summed E-state index contributed by atoms with van der Waals surface area (Å²) in [7, 11) is -8.70.